The van der Waals surface area contributed by atoms with Crippen molar-refractivity contribution in [2.24, 2.45) is 0 Å². The zero-order valence-corrected chi connectivity index (χ0v) is 16.6. The van der Waals surface area contributed by atoms with E-state index < -0.39 is 6.10 Å². The zero-order valence-electron chi connectivity index (χ0n) is 15.1. The van der Waals surface area contributed by atoms with Gasteiger partial charge in [0.25, 0.3) is 0 Å². The van der Waals surface area contributed by atoms with Gasteiger partial charge in [-0.05, 0) is 41.3 Å². The summed E-state index contributed by atoms with van der Waals surface area (Å²) < 4.78 is 11.9. The minimum absolute atomic E-state index is 0.0681. The number of hydrogen-bond acceptors (Lipinski definition) is 7. The molecule has 1 unspecified atom stereocenters. The van der Waals surface area contributed by atoms with E-state index in [4.69, 9.17) is 32.7 Å². The van der Waals surface area contributed by atoms with Crippen LogP contribution in [0.5, 0.6) is 11.5 Å². The van der Waals surface area contributed by atoms with Crippen LogP contribution < -0.4 is 14.4 Å². The van der Waals surface area contributed by atoms with Crippen molar-refractivity contribution in [1.29, 1.82) is 0 Å². The molecule has 0 bridgehead atoms. The molecule has 0 saturated heterocycles. The summed E-state index contributed by atoms with van der Waals surface area (Å²) in [5, 5.41) is 10.3. The Morgan fingerprint density at radius 2 is 2.04 bits per heavy atom. The van der Waals surface area contributed by atoms with Gasteiger partial charge in [0, 0.05) is 25.1 Å². The molecular weight excluding hydrogens is 403 g/mol. The molecule has 1 aromatic heterocycles. The van der Waals surface area contributed by atoms with Gasteiger partial charge in [0.1, 0.15) is 6.10 Å². The quantitative estimate of drug-likeness (QED) is 0.747. The van der Waals surface area contributed by atoms with Crippen LogP contribution in [0.25, 0.3) is 0 Å². The van der Waals surface area contributed by atoms with Crippen molar-refractivity contribution in [3.8, 4) is 11.5 Å². The maximum atomic E-state index is 10.2. The van der Waals surface area contributed by atoms with Gasteiger partial charge in [-0.25, -0.2) is 0 Å². The van der Waals surface area contributed by atoms with Gasteiger partial charge in [0.2, 0.25) is 16.5 Å². The maximum Gasteiger partial charge on any atom is 0.231 e. The Kier molecular flexibility index (Phi) is 4.15. The smallest absolute Gasteiger partial charge is 0.231 e. The Hall–Kier alpha value is -2.09. The van der Waals surface area contributed by atoms with Crippen molar-refractivity contribution in [3.05, 3.63) is 46.0 Å². The lowest BCUT2D eigenvalue weighted by molar-refractivity contribution is 0.0856. The summed E-state index contributed by atoms with van der Waals surface area (Å²) in [5.74, 6) is 1.91. The normalized spacial score (nSPS) is 27.6. The summed E-state index contributed by atoms with van der Waals surface area (Å²) >= 11 is 12.0. The minimum Gasteiger partial charge on any atom is -0.493 e. The Balaban J connectivity index is 1.65. The van der Waals surface area contributed by atoms with Gasteiger partial charge in [0.15, 0.2) is 11.5 Å². The third-order valence-corrected chi connectivity index (χ3v) is 6.15. The molecule has 3 aliphatic rings. The molecule has 1 N–H and O–H groups in total. The second-order valence-electron chi connectivity index (χ2n) is 7.29. The molecule has 146 valence electrons. The second-order valence-corrected chi connectivity index (χ2v) is 7.96. The largest absolute Gasteiger partial charge is 0.493 e. The highest BCUT2D eigenvalue weighted by molar-refractivity contribution is 6.31. The van der Waals surface area contributed by atoms with Crippen molar-refractivity contribution in [2.45, 2.75) is 37.0 Å². The van der Waals surface area contributed by atoms with Crippen LogP contribution >= 0.6 is 23.2 Å². The minimum atomic E-state index is -0.514. The zero-order chi connectivity index (χ0) is 19.5. The summed E-state index contributed by atoms with van der Waals surface area (Å²) in [7, 11) is 1.64. The number of halogens is 2. The topological polar surface area (TPSA) is 80.6 Å². The van der Waals surface area contributed by atoms with E-state index >= 15 is 0 Å². The molecule has 1 aromatic carbocycles. The van der Waals surface area contributed by atoms with Gasteiger partial charge in [-0.2, -0.15) is 15.0 Å². The number of rotatable bonds is 2. The van der Waals surface area contributed by atoms with Crippen molar-refractivity contribution >= 4 is 29.2 Å². The predicted octanol–water partition coefficient (Wildman–Crippen LogP) is 2.92. The first-order chi connectivity index (χ1) is 13.5. The lowest BCUT2D eigenvalue weighted by atomic mass is 9.69. The SMILES string of the molecule is COc1ccc2c3c1O[C@@H]1C[C@H](O)C=CC31CCN(c1nc(Cl)nc(Cl)n1)C2. The van der Waals surface area contributed by atoms with E-state index in [0.29, 0.717) is 31.2 Å². The average molecular weight is 421 g/mol. The van der Waals surface area contributed by atoms with Crippen LogP contribution in [0.15, 0.2) is 24.3 Å². The molecule has 5 rings (SSSR count). The highest BCUT2D eigenvalue weighted by atomic mass is 35.5. The Labute approximate surface area is 171 Å². The lowest BCUT2D eigenvalue weighted by Crippen LogP contribution is -2.43. The van der Waals surface area contributed by atoms with Crippen LogP contribution in [0.4, 0.5) is 5.95 Å². The number of hydrogen-bond donors (Lipinski definition) is 1. The summed E-state index contributed by atoms with van der Waals surface area (Å²) in [4.78, 5) is 14.4. The van der Waals surface area contributed by atoms with E-state index in [2.05, 4.69) is 21.0 Å². The highest BCUT2D eigenvalue weighted by Gasteiger charge is 2.53. The molecule has 9 heteroatoms. The van der Waals surface area contributed by atoms with Crippen LogP contribution in [0, 0.1) is 0 Å². The number of aliphatic hydroxyl groups is 1. The number of nitrogens with zero attached hydrogens (tertiary/aromatic N) is 4. The van der Waals surface area contributed by atoms with Crippen LogP contribution in [-0.2, 0) is 12.0 Å². The van der Waals surface area contributed by atoms with Crippen LogP contribution in [0.3, 0.4) is 0 Å². The molecule has 0 amide bonds. The van der Waals surface area contributed by atoms with Crippen molar-refractivity contribution in [1.82, 2.24) is 15.0 Å². The second kappa shape index (κ2) is 6.47. The Bertz CT molecular complexity index is 966. The molecule has 7 nitrogen and oxygen atoms in total. The monoisotopic (exact) mass is 420 g/mol. The summed E-state index contributed by atoms with van der Waals surface area (Å²) in [6.07, 6.45) is 4.61. The molecule has 28 heavy (non-hydrogen) atoms. The summed E-state index contributed by atoms with van der Waals surface area (Å²) in [6.45, 7) is 1.25. The maximum absolute atomic E-state index is 10.2. The predicted molar refractivity (Wildman–Crippen MR) is 104 cm³/mol. The van der Waals surface area contributed by atoms with Gasteiger partial charge in [-0.1, -0.05) is 18.2 Å². The first-order valence-electron chi connectivity index (χ1n) is 9.06. The van der Waals surface area contributed by atoms with Crippen LogP contribution in [0.1, 0.15) is 24.0 Å². The third-order valence-electron chi connectivity index (χ3n) is 5.81. The third kappa shape index (κ3) is 2.64. The number of aromatic nitrogens is 3. The lowest BCUT2D eigenvalue weighted by Gasteiger charge is -2.35. The average Bonchev–Trinajstić information content (AvgIpc) is 2.89. The van der Waals surface area contributed by atoms with Crippen molar-refractivity contribution < 1.29 is 14.6 Å². The van der Waals surface area contributed by atoms with E-state index in [1.807, 2.05) is 23.1 Å². The van der Waals surface area contributed by atoms with E-state index in [1.54, 1.807) is 7.11 Å². The molecule has 2 aliphatic heterocycles. The van der Waals surface area contributed by atoms with Crippen molar-refractivity contribution in [2.75, 3.05) is 18.6 Å². The fraction of sp³-hybridized carbons (Fsp3) is 0.421. The van der Waals surface area contributed by atoms with E-state index in [-0.39, 0.29) is 22.1 Å². The van der Waals surface area contributed by atoms with Gasteiger partial charge >= 0.3 is 0 Å². The first-order valence-corrected chi connectivity index (χ1v) is 9.82. The molecule has 1 spiro atoms. The molecule has 3 atom stereocenters. The van der Waals surface area contributed by atoms with Crippen LogP contribution in [0.2, 0.25) is 10.6 Å². The summed E-state index contributed by atoms with van der Waals surface area (Å²) in [5.41, 5.74) is 1.90. The molecule has 3 heterocycles. The fourth-order valence-electron chi connectivity index (χ4n) is 4.56. The van der Waals surface area contributed by atoms with E-state index in [0.717, 1.165) is 23.3 Å². The van der Waals surface area contributed by atoms with Crippen LogP contribution in [-0.4, -0.2) is 45.9 Å². The van der Waals surface area contributed by atoms with E-state index in [9.17, 15) is 5.11 Å². The number of ether oxygens (including phenoxy) is 2. The summed E-state index contributed by atoms with van der Waals surface area (Å²) in [6, 6.07) is 3.96. The number of aliphatic hydroxyl groups excluding tert-OH is 1. The molecule has 0 fully saturated rings. The Morgan fingerprint density at radius 3 is 2.79 bits per heavy atom. The molecule has 1 aliphatic carbocycles. The fourth-order valence-corrected chi connectivity index (χ4v) is 4.92. The van der Waals surface area contributed by atoms with E-state index in [1.165, 1.54) is 0 Å². The molecule has 0 saturated carbocycles. The number of methoxy groups -OCH3 is 1. The van der Waals surface area contributed by atoms with Gasteiger partial charge in [0.05, 0.1) is 18.6 Å². The Morgan fingerprint density at radius 1 is 1.25 bits per heavy atom. The highest BCUT2D eigenvalue weighted by Crippen LogP contribution is 2.55. The number of anilines is 1. The number of benzene rings is 1. The van der Waals surface area contributed by atoms with Gasteiger partial charge in [-0.3, -0.25) is 0 Å². The molecular formula is C19H18Cl2N4O3. The first kappa shape index (κ1) is 18.0. The molecule has 2 aromatic rings. The molecule has 0 radical (unpaired) electrons. The van der Waals surface area contributed by atoms with Gasteiger partial charge < -0.3 is 19.5 Å². The van der Waals surface area contributed by atoms with Gasteiger partial charge in [-0.15, -0.1) is 0 Å². The van der Waals surface area contributed by atoms with Crippen molar-refractivity contribution in [3.63, 3.8) is 0 Å². The standard InChI is InChI=1S/C19H18Cl2N4O3/c1-27-12-3-2-10-9-25(18-23-16(20)22-17(21)24-18)7-6-19-5-4-11(26)8-13(19)28-15(12)14(10)19/h2-5,11,13,26H,6-9H2,1H3/t11-,13-,19?/m1/s1.